The number of hydrogen-bond donors (Lipinski definition) is 1. The molecule has 1 N–H and O–H groups in total. The van der Waals surface area contributed by atoms with E-state index in [1.54, 1.807) is 6.92 Å². The van der Waals surface area contributed by atoms with Crippen LogP contribution in [0.2, 0.25) is 0 Å². The highest BCUT2D eigenvalue weighted by Crippen LogP contribution is 2.24. The molecule has 1 aliphatic carbocycles. The number of carbonyl (C=O) groups is 2. The molecule has 0 aliphatic heterocycles. The summed E-state index contributed by atoms with van der Waals surface area (Å²) in [6, 6.07) is 0.247. The Morgan fingerprint density at radius 2 is 2.00 bits per heavy atom. The second-order valence-corrected chi connectivity index (χ2v) is 3.56. The number of ketones is 2. The maximum atomic E-state index is 11.0. The maximum absolute atomic E-state index is 11.0. The molecule has 0 saturated heterocycles. The highest BCUT2D eigenvalue weighted by molar-refractivity contribution is 6.47. The fourth-order valence-corrected chi connectivity index (χ4v) is 1.44. The Kier molecular flexibility index (Phi) is 1.84. The Labute approximate surface area is 66.2 Å². The van der Waals surface area contributed by atoms with Crippen LogP contribution in [0, 0.1) is 0 Å². The molecule has 3 nitrogen and oxygen atoms in total. The van der Waals surface area contributed by atoms with Gasteiger partial charge in [-0.3, -0.25) is 9.59 Å². The molecule has 0 bridgehead atoms. The first-order valence-electron chi connectivity index (χ1n) is 3.81. The second kappa shape index (κ2) is 2.41. The van der Waals surface area contributed by atoms with Gasteiger partial charge in [-0.15, -0.1) is 0 Å². The van der Waals surface area contributed by atoms with Crippen LogP contribution in [0.4, 0.5) is 0 Å². The zero-order valence-electron chi connectivity index (χ0n) is 7.10. The Hall–Kier alpha value is -0.700. The van der Waals surface area contributed by atoms with Gasteiger partial charge in [-0.2, -0.15) is 0 Å². The fourth-order valence-electron chi connectivity index (χ4n) is 1.44. The molecule has 1 unspecified atom stereocenters. The fraction of sp³-hybridized carbons (Fsp3) is 0.750. The van der Waals surface area contributed by atoms with Gasteiger partial charge in [0.15, 0.2) is 0 Å². The lowest BCUT2D eigenvalue weighted by molar-refractivity contribution is -0.149. The Bertz CT molecular complexity index is 210. The van der Waals surface area contributed by atoms with Crippen molar-refractivity contribution >= 4 is 11.6 Å². The number of hydrogen-bond acceptors (Lipinski definition) is 3. The molecule has 0 amide bonds. The van der Waals surface area contributed by atoms with Crippen molar-refractivity contribution in [3.8, 4) is 0 Å². The lowest BCUT2D eigenvalue weighted by atomic mass is 9.75. The largest absolute Gasteiger partial charge is 0.302 e. The van der Waals surface area contributed by atoms with E-state index in [1.165, 1.54) is 0 Å². The predicted octanol–water partition coefficient (Wildman–Crippen LogP) is 0.285. The first-order valence-corrected chi connectivity index (χ1v) is 3.81. The summed E-state index contributed by atoms with van der Waals surface area (Å²) in [6.07, 6.45) is 0.351. The van der Waals surface area contributed by atoms with Gasteiger partial charge in [0.2, 0.25) is 11.6 Å². The minimum absolute atomic E-state index is 0.247. The molecule has 1 saturated carbocycles. The molecule has 0 aromatic heterocycles. The van der Waals surface area contributed by atoms with Crippen molar-refractivity contribution in [3.63, 3.8) is 0 Å². The van der Waals surface area contributed by atoms with E-state index in [2.05, 4.69) is 5.32 Å². The quantitative estimate of drug-likeness (QED) is 0.583. The van der Waals surface area contributed by atoms with Crippen LogP contribution in [0.1, 0.15) is 27.2 Å². The van der Waals surface area contributed by atoms with Crippen LogP contribution in [0.5, 0.6) is 0 Å². The van der Waals surface area contributed by atoms with Crippen LogP contribution >= 0.6 is 0 Å². The van der Waals surface area contributed by atoms with E-state index in [4.69, 9.17) is 0 Å². The Balaban J connectivity index is 2.58. The minimum Gasteiger partial charge on any atom is -0.302 e. The van der Waals surface area contributed by atoms with Gasteiger partial charge in [-0.25, -0.2) is 0 Å². The third kappa shape index (κ3) is 1.33. The lowest BCUT2D eigenvalue weighted by Crippen LogP contribution is -2.64. The maximum Gasteiger partial charge on any atom is 0.218 e. The topological polar surface area (TPSA) is 46.2 Å². The van der Waals surface area contributed by atoms with Gasteiger partial charge in [0, 0.05) is 12.5 Å². The molecule has 3 heteroatoms. The van der Waals surface area contributed by atoms with Gasteiger partial charge >= 0.3 is 0 Å². The van der Waals surface area contributed by atoms with Crippen LogP contribution in [-0.4, -0.2) is 23.1 Å². The van der Waals surface area contributed by atoms with Crippen LogP contribution < -0.4 is 5.32 Å². The number of Topliss-reactive ketones (excluding diaryl/α,β-unsaturated/α-hetero) is 2. The molecule has 1 rings (SSSR count). The molecule has 0 heterocycles. The highest BCUT2D eigenvalue weighted by Gasteiger charge is 2.49. The standard InChI is InChI=1S/C8H13NO2/c1-5(2)9-8(3)4-6(10)7(8)11/h5,9H,4H2,1-3H3. The van der Waals surface area contributed by atoms with Crippen molar-refractivity contribution in [2.45, 2.75) is 38.8 Å². The molecule has 11 heavy (non-hydrogen) atoms. The third-order valence-electron chi connectivity index (χ3n) is 1.88. The average Bonchev–Trinajstić information content (AvgIpc) is 1.85. The number of nitrogens with one attached hydrogen (secondary N) is 1. The summed E-state index contributed by atoms with van der Waals surface area (Å²) in [5.74, 6) is -0.521. The van der Waals surface area contributed by atoms with Crippen molar-refractivity contribution in [2.24, 2.45) is 0 Å². The summed E-state index contributed by atoms with van der Waals surface area (Å²) in [4.78, 5) is 21.6. The highest BCUT2D eigenvalue weighted by atomic mass is 16.2. The van der Waals surface area contributed by atoms with Crippen LogP contribution in [0.25, 0.3) is 0 Å². The molecule has 0 radical (unpaired) electrons. The molecular weight excluding hydrogens is 142 g/mol. The molecule has 0 aromatic carbocycles. The normalized spacial score (nSPS) is 30.9. The van der Waals surface area contributed by atoms with Gasteiger partial charge in [0.1, 0.15) is 0 Å². The van der Waals surface area contributed by atoms with Crippen molar-refractivity contribution in [3.05, 3.63) is 0 Å². The van der Waals surface area contributed by atoms with E-state index in [9.17, 15) is 9.59 Å². The van der Waals surface area contributed by atoms with Crippen LogP contribution in [0.3, 0.4) is 0 Å². The number of rotatable bonds is 2. The van der Waals surface area contributed by atoms with Crippen molar-refractivity contribution in [1.82, 2.24) is 5.32 Å². The molecule has 1 aliphatic rings. The molecule has 0 spiro atoms. The molecule has 62 valence electrons. The van der Waals surface area contributed by atoms with Gasteiger partial charge in [0.25, 0.3) is 0 Å². The van der Waals surface area contributed by atoms with Gasteiger partial charge in [-0.1, -0.05) is 0 Å². The van der Waals surface area contributed by atoms with Gasteiger partial charge < -0.3 is 5.32 Å². The minimum atomic E-state index is -0.564. The van der Waals surface area contributed by atoms with E-state index < -0.39 is 5.54 Å². The average molecular weight is 155 g/mol. The Morgan fingerprint density at radius 1 is 1.45 bits per heavy atom. The van der Waals surface area contributed by atoms with Gasteiger partial charge in [0.05, 0.1) is 5.54 Å². The molecular formula is C8H13NO2. The van der Waals surface area contributed by atoms with E-state index >= 15 is 0 Å². The predicted molar refractivity (Wildman–Crippen MR) is 41.3 cm³/mol. The van der Waals surface area contributed by atoms with E-state index in [-0.39, 0.29) is 17.6 Å². The summed E-state index contributed by atoms with van der Waals surface area (Å²) in [7, 11) is 0. The number of carbonyl (C=O) groups excluding carboxylic acids is 2. The van der Waals surface area contributed by atoms with Crippen molar-refractivity contribution in [2.75, 3.05) is 0 Å². The monoisotopic (exact) mass is 155 g/mol. The van der Waals surface area contributed by atoms with Crippen LogP contribution in [-0.2, 0) is 9.59 Å². The zero-order valence-corrected chi connectivity index (χ0v) is 7.10. The Morgan fingerprint density at radius 3 is 2.27 bits per heavy atom. The molecule has 1 fully saturated rings. The van der Waals surface area contributed by atoms with Gasteiger partial charge in [-0.05, 0) is 20.8 Å². The summed E-state index contributed by atoms with van der Waals surface area (Å²) in [6.45, 7) is 5.69. The first-order chi connectivity index (χ1) is 4.96. The van der Waals surface area contributed by atoms with E-state index in [1.807, 2.05) is 13.8 Å². The first kappa shape index (κ1) is 8.40. The summed E-state index contributed by atoms with van der Waals surface area (Å²) < 4.78 is 0. The third-order valence-corrected chi connectivity index (χ3v) is 1.88. The summed E-state index contributed by atoms with van der Waals surface area (Å²) >= 11 is 0. The van der Waals surface area contributed by atoms with Crippen molar-refractivity contribution < 1.29 is 9.59 Å². The lowest BCUT2D eigenvalue weighted by Gasteiger charge is -2.37. The smallest absolute Gasteiger partial charge is 0.218 e. The zero-order chi connectivity index (χ0) is 8.65. The van der Waals surface area contributed by atoms with E-state index in [0.717, 1.165) is 0 Å². The van der Waals surface area contributed by atoms with Crippen LogP contribution in [0.15, 0.2) is 0 Å². The summed E-state index contributed by atoms with van der Waals surface area (Å²) in [5.41, 5.74) is -0.564. The van der Waals surface area contributed by atoms with E-state index in [0.29, 0.717) is 6.42 Å². The summed E-state index contributed by atoms with van der Waals surface area (Å²) in [5, 5.41) is 3.07. The van der Waals surface area contributed by atoms with Crippen molar-refractivity contribution in [1.29, 1.82) is 0 Å². The molecule has 1 atom stereocenters. The SMILES string of the molecule is CC(C)NC1(C)CC(=O)C1=O. The second-order valence-electron chi connectivity index (χ2n) is 3.56. The molecule has 0 aromatic rings.